The summed E-state index contributed by atoms with van der Waals surface area (Å²) in [5, 5.41) is 0. The lowest BCUT2D eigenvalue weighted by Gasteiger charge is -2.26. The molecule has 5 rings (SSSR count). The Balaban J connectivity index is 1.36. The highest BCUT2D eigenvalue weighted by molar-refractivity contribution is 6.21. The van der Waals surface area contributed by atoms with Crippen molar-refractivity contribution in [1.82, 2.24) is 9.80 Å². The third-order valence-electron chi connectivity index (χ3n) is 6.66. The van der Waals surface area contributed by atoms with Gasteiger partial charge in [-0.05, 0) is 86.2 Å². The van der Waals surface area contributed by atoms with E-state index in [-0.39, 0.29) is 5.78 Å². The Morgan fingerprint density at radius 1 is 0.571 bits per heavy atom. The molecule has 0 spiro atoms. The molecule has 2 heterocycles. The predicted molar refractivity (Wildman–Crippen MR) is 114 cm³/mol. The van der Waals surface area contributed by atoms with Gasteiger partial charge in [-0.15, -0.1) is 0 Å². The SMILES string of the molecule is O=C1c2cc(CN3CCCCC3)ccc2-c2ccc(CN3CCCCC3)cc21. The standard InChI is InChI=1S/C25H30N2O/c28-25-23-15-19(17-26-11-3-1-4-12-26)7-9-21(23)22-10-8-20(16-24(22)25)18-27-13-5-2-6-14-27/h7-10,15-16H,1-6,11-14,17-18H2. The van der Waals surface area contributed by atoms with Crippen molar-refractivity contribution in [2.24, 2.45) is 0 Å². The summed E-state index contributed by atoms with van der Waals surface area (Å²) in [7, 11) is 0. The molecule has 3 heteroatoms. The number of likely N-dealkylation sites (tertiary alicyclic amines) is 2. The number of hydrogen-bond acceptors (Lipinski definition) is 3. The summed E-state index contributed by atoms with van der Waals surface area (Å²) in [6, 6.07) is 13.1. The molecule has 2 fully saturated rings. The van der Waals surface area contributed by atoms with Crippen LogP contribution >= 0.6 is 0 Å². The van der Waals surface area contributed by atoms with Crippen molar-refractivity contribution >= 4 is 5.78 Å². The first kappa shape index (κ1) is 18.1. The van der Waals surface area contributed by atoms with Crippen LogP contribution in [0.3, 0.4) is 0 Å². The largest absolute Gasteiger partial charge is 0.299 e. The van der Waals surface area contributed by atoms with Crippen LogP contribution in [0.5, 0.6) is 0 Å². The van der Waals surface area contributed by atoms with Gasteiger partial charge in [-0.3, -0.25) is 14.6 Å². The number of nitrogens with zero attached hydrogens (tertiary/aromatic N) is 2. The first-order valence-electron chi connectivity index (χ1n) is 11.0. The average molecular weight is 375 g/mol. The molecule has 0 saturated carbocycles. The van der Waals surface area contributed by atoms with Crippen LogP contribution in [-0.2, 0) is 13.1 Å². The van der Waals surface area contributed by atoms with Gasteiger partial charge in [0.25, 0.3) is 0 Å². The Kier molecular flexibility index (Phi) is 5.04. The highest BCUT2D eigenvalue weighted by atomic mass is 16.1. The number of benzene rings is 2. The number of ketones is 1. The second kappa shape index (κ2) is 7.81. The Morgan fingerprint density at radius 3 is 1.43 bits per heavy atom. The molecule has 2 aromatic carbocycles. The van der Waals surface area contributed by atoms with Crippen LogP contribution in [0.1, 0.15) is 65.6 Å². The monoisotopic (exact) mass is 374 g/mol. The van der Waals surface area contributed by atoms with E-state index >= 15 is 0 Å². The molecule has 0 atom stereocenters. The lowest BCUT2D eigenvalue weighted by Crippen LogP contribution is -2.29. The molecule has 3 aliphatic rings. The highest BCUT2D eigenvalue weighted by Gasteiger charge is 2.27. The van der Waals surface area contributed by atoms with Gasteiger partial charge in [0, 0.05) is 24.2 Å². The molecule has 2 saturated heterocycles. The molecule has 0 N–H and O–H groups in total. The number of hydrogen-bond donors (Lipinski definition) is 0. The van der Waals surface area contributed by atoms with Gasteiger partial charge in [0.15, 0.2) is 5.78 Å². The molecular weight excluding hydrogens is 344 g/mol. The van der Waals surface area contributed by atoms with Crippen LogP contribution in [0, 0.1) is 0 Å². The summed E-state index contributed by atoms with van der Waals surface area (Å²) < 4.78 is 0. The number of carbonyl (C=O) groups excluding carboxylic acids is 1. The van der Waals surface area contributed by atoms with Crippen LogP contribution < -0.4 is 0 Å². The summed E-state index contributed by atoms with van der Waals surface area (Å²) in [4.78, 5) is 18.2. The van der Waals surface area contributed by atoms with Crippen molar-refractivity contribution in [2.45, 2.75) is 51.6 Å². The lowest BCUT2D eigenvalue weighted by atomic mass is 10.0. The minimum atomic E-state index is 0.214. The molecule has 2 aromatic rings. The van der Waals surface area contributed by atoms with Crippen LogP contribution in [0.15, 0.2) is 36.4 Å². The van der Waals surface area contributed by atoms with Crippen molar-refractivity contribution < 1.29 is 4.79 Å². The predicted octanol–water partition coefficient (Wildman–Crippen LogP) is 4.87. The topological polar surface area (TPSA) is 23.6 Å². The van der Waals surface area contributed by atoms with E-state index < -0.39 is 0 Å². The van der Waals surface area contributed by atoms with Crippen molar-refractivity contribution in [3.8, 4) is 11.1 Å². The van der Waals surface area contributed by atoms with Gasteiger partial charge in [-0.25, -0.2) is 0 Å². The zero-order valence-electron chi connectivity index (χ0n) is 16.8. The summed E-state index contributed by atoms with van der Waals surface area (Å²) in [6.07, 6.45) is 7.91. The van der Waals surface area contributed by atoms with E-state index in [0.717, 1.165) is 35.3 Å². The van der Waals surface area contributed by atoms with E-state index in [1.54, 1.807) is 0 Å². The van der Waals surface area contributed by atoms with E-state index in [1.165, 1.54) is 75.8 Å². The first-order valence-corrected chi connectivity index (χ1v) is 11.0. The molecule has 28 heavy (non-hydrogen) atoms. The quantitative estimate of drug-likeness (QED) is 0.651. The second-order valence-electron chi connectivity index (χ2n) is 8.76. The van der Waals surface area contributed by atoms with E-state index in [4.69, 9.17) is 0 Å². The third-order valence-corrected chi connectivity index (χ3v) is 6.66. The summed E-state index contributed by atoms with van der Waals surface area (Å²) in [5.41, 5.74) is 6.59. The van der Waals surface area contributed by atoms with Crippen molar-refractivity contribution in [3.05, 3.63) is 58.7 Å². The average Bonchev–Trinajstić information content (AvgIpc) is 3.01. The minimum absolute atomic E-state index is 0.214. The van der Waals surface area contributed by atoms with Crippen molar-refractivity contribution in [2.75, 3.05) is 26.2 Å². The van der Waals surface area contributed by atoms with Crippen LogP contribution in [0.25, 0.3) is 11.1 Å². The number of fused-ring (bicyclic) bond motifs is 3. The third kappa shape index (κ3) is 3.54. The Labute approximate surface area is 168 Å². The number of rotatable bonds is 4. The maximum Gasteiger partial charge on any atom is 0.194 e. The molecule has 1 aliphatic carbocycles. The van der Waals surface area contributed by atoms with Crippen LogP contribution in [-0.4, -0.2) is 41.8 Å². The Hall–Kier alpha value is -1.97. The van der Waals surface area contributed by atoms with E-state index in [1.807, 2.05) is 0 Å². The van der Waals surface area contributed by atoms with E-state index in [9.17, 15) is 4.79 Å². The summed E-state index contributed by atoms with van der Waals surface area (Å²) in [5.74, 6) is 0.214. The molecule has 3 nitrogen and oxygen atoms in total. The molecule has 0 unspecified atom stereocenters. The van der Waals surface area contributed by atoms with Gasteiger partial charge in [0.2, 0.25) is 0 Å². The molecular formula is C25H30N2O. The minimum Gasteiger partial charge on any atom is -0.299 e. The van der Waals surface area contributed by atoms with Crippen LogP contribution in [0.2, 0.25) is 0 Å². The van der Waals surface area contributed by atoms with Crippen molar-refractivity contribution in [1.29, 1.82) is 0 Å². The van der Waals surface area contributed by atoms with Gasteiger partial charge in [-0.2, -0.15) is 0 Å². The van der Waals surface area contributed by atoms with Gasteiger partial charge < -0.3 is 0 Å². The normalized spacial score (nSPS) is 20.2. The smallest absolute Gasteiger partial charge is 0.194 e. The van der Waals surface area contributed by atoms with Crippen molar-refractivity contribution in [3.63, 3.8) is 0 Å². The second-order valence-corrected chi connectivity index (χ2v) is 8.76. The Bertz CT molecular complexity index is 805. The van der Waals surface area contributed by atoms with Gasteiger partial charge in [0.1, 0.15) is 0 Å². The molecule has 0 aromatic heterocycles. The molecule has 146 valence electrons. The Morgan fingerprint density at radius 2 is 1.00 bits per heavy atom. The molecule has 0 bridgehead atoms. The zero-order chi connectivity index (χ0) is 18.9. The highest BCUT2D eigenvalue weighted by Crippen LogP contribution is 2.38. The number of piperidine rings is 2. The zero-order valence-corrected chi connectivity index (χ0v) is 16.8. The first-order chi connectivity index (χ1) is 13.8. The molecule has 0 radical (unpaired) electrons. The van der Waals surface area contributed by atoms with E-state index in [0.29, 0.717) is 0 Å². The fourth-order valence-corrected chi connectivity index (χ4v) is 5.12. The maximum atomic E-state index is 13.1. The van der Waals surface area contributed by atoms with Gasteiger partial charge in [-0.1, -0.05) is 37.1 Å². The molecule has 2 aliphatic heterocycles. The summed E-state index contributed by atoms with van der Waals surface area (Å²) in [6.45, 7) is 6.68. The fraction of sp³-hybridized carbons (Fsp3) is 0.480. The van der Waals surface area contributed by atoms with Gasteiger partial charge in [0.05, 0.1) is 0 Å². The van der Waals surface area contributed by atoms with Gasteiger partial charge >= 0.3 is 0 Å². The fourth-order valence-electron chi connectivity index (χ4n) is 5.12. The lowest BCUT2D eigenvalue weighted by molar-refractivity contribution is 0.104. The maximum absolute atomic E-state index is 13.1. The molecule has 0 amide bonds. The van der Waals surface area contributed by atoms with Crippen LogP contribution in [0.4, 0.5) is 0 Å². The number of carbonyl (C=O) groups is 1. The van der Waals surface area contributed by atoms with E-state index in [2.05, 4.69) is 46.2 Å². The summed E-state index contributed by atoms with van der Waals surface area (Å²) >= 11 is 0.